The van der Waals surface area contributed by atoms with Gasteiger partial charge >= 0.3 is 0 Å². The van der Waals surface area contributed by atoms with E-state index < -0.39 is 6.04 Å². The second kappa shape index (κ2) is 5.67. The van der Waals surface area contributed by atoms with Gasteiger partial charge in [0.2, 0.25) is 11.8 Å². The lowest BCUT2D eigenvalue weighted by atomic mass is 10.0. The van der Waals surface area contributed by atoms with Gasteiger partial charge in [0, 0.05) is 13.6 Å². The molecule has 2 N–H and O–H groups in total. The van der Waals surface area contributed by atoms with Gasteiger partial charge in [-0.3, -0.25) is 9.59 Å². The number of carbonyl (C=O) groups excluding carboxylic acids is 2. The van der Waals surface area contributed by atoms with Crippen LogP contribution in [0.15, 0.2) is 0 Å². The number of morpholine rings is 1. The second-order valence-corrected chi connectivity index (χ2v) is 4.93. The molecule has 2 aliphatic rings. The summed E-state index contributed by atoms with van der Waals surface area (Å²) >= 11 is 0. The quantitative estimate of drug-likeness (QED) is 0.661. The molecule has 6 heteroatoms. The van der Waals surface area contributed by atoms with Gasteiger partial charge in [0.25, 0.3) is 0 Å². The lowest BCUT2D eigenvalue weighted by Gasteiger charge is -2.36. The van der Waals surface area contributed by atoms with E-state index in [1.807, 2.05) is 0 Å². The van der Waals surface area contributed by atoms with Crippen LogP contribution in [0.3, 0.4) is 0 Å². The monoisotopic (exact) mass is 255 g/mol. The van der Waals surface area contributed by atoms with Crippen molar-refractivity contribution in [3.05, 3.63) is 0 Å². The number of amides is 2. The first kappa shape index (κ1) is 13.3. The van der Waals surface area contributed by atoms with Gasteiger partial charge in [-0.05, 0) is 18.9 Å². The molecule has 0 aromatic heterocycles. The van der Waals surface area contributed by atoms with Crippen molar-refractivity contribution in [2.45, 2.75) is 25.4 Å². The van der Waals surface area contributed by atoms with Crippen LogP contribution in [0, 0.1) is 5.92 Å². The summed E-state index contributed by atoms with van der Waals surface area (Å²) in [5.74, 6) is 0.191. The molecule has 2 fully saturated rings. The van der Waals surface area contributed by atoms with E-state index in [0.717, 1.165) is 13.0 Å². The van der Waals surface area contributed by atoms with Crippen LogP contribution in [0.4, 0.5) is 0 Å². The highest BCUT2D eigenvalue weighted by Gasteiger charge is 2.38. The fourth-order valence-corrected chi connectivity index (χ4v) is 2.60. The Bertz CT molecular complexity index is 335. The summed E-state index contributed by atoms with van der Waals surface area (Å²) in [6.07, 6.45) is 1.01. The van der Waals surface area contributed by atoms with Gasteiger partial charge < -0.3 is 20.3 Å². The van der Waals surface area contributed by atoms with E-state index in [-0.39, 0.29) is 24.5 Å². The first-order valence-electron chi connectivity index (χ1n) is 6.48. The minimum absolute atomic E-state index is 0.0249. The summed E-state index contributed by atoms with van der Waals surface area (Å²) in [6, 6.07) is -0.652. The van der Waals surface area contributed by atoms with E-state index in [1.165, 1.54) is 0 Å². The molecule has 3 atom stereocenters. The average Bonchev–Trinajstić information content (AvgIpc) is 2.83. The van der Waals surface area contributed by atoms with Gasteiger partial charge in [-0.1, -0.05) is 6.92 Å². The highest BCUT2D eigenvalue weighted by Crippen LogP contribution is 2.19. The molecule has 2 amide bonds. The number of carbonyl (C=O) groups is 2. The predicted octanol–water partition coefficient (Wildman–Crippen LogP) is -1.04. The third kappa shape index (κ3) is 2.49. The normalized spacial score (nSPS) is 32.3. The lowest BCUT2D eigenvalue weighted by molar-refractivity contribution is -0.150. The maximum Gasteiger partial charge on any atom is 0.244 e. The van der Waals surface area contributed by atoms with E-state index in [9.17, 15) is 9.59 Å². The largest absolute Gasteiger partial charge is 0.377 e. The Morgan fingerprint density at radius 2 is 2.22 bits per heavy atom. The Hall–Kier alpha value is -1.14. The average molecular weight is 255 g/mol. The topological polar surface area (TPSA) is 70.7 Å². The number of rotatable bonds is 2. The minimum atomic E-state index is -0.495. The molecular formula is C12H21N3O3. The highest BCUT2D eigenvalue weighted by atomic mass is 16.5. The van der Waals surface area contributed by atoms with Crippen LogP contribution in [-0.2, 0) is 14.3 Å². The van der Waals surface area contributed by atoms with E-state index >= 15 is 0 Å². The molecule has 0 bridgehead atoms. The zero-order chi connectivity index (χ0) is 13.1. The predicted molar refractivity (Wildman–Crippen MR) is 66.0 cm³/mol. The third-order valence-corrected chi connectivity index (χ3v) is 3.76. The first-order chi connectivity index (χ1) is 8.65. The van der Waals surface area contributed by atoms with Gasteiger partial charge in [0.05, 0.1) is 19.3 Å². The molecule has 0 aromatic carbocycles. The Balaban J connectivity index is 2.08. The van der Waals surface area contributed by atoms with Crippen LogP contribution >= 0.6 is 0 Å². The van der Waals surface area contributed by atoms with Crippen molar-refractivity contribution in [3.63, 3.8) is 0 Å². The molecule has 2 saturated heterocycles. The van der Waals surface area contributed by atoms with Crippen LogP contribution in [0.25, 0.3) is 0 Å². The molecule has 2 aliphatic heterocycles. The molecule has 0 aromatic rings. The number of ether oxygens (including phenoxy) is 1. The van der Waals surface area contributed by atoms with E-state index in [1.54, 1.807) is 11.9 Å². The number of nitrogens with zero attached hydrogens (tertiary/aromatic N) is 1. The maximum absolute atomic E-state index is 12.5. The smallest absolute Gasteiger partial charge is 0.244 e. The van der Waals surface area contributed by atoms with Crippen LogP contribution in [-0.4, -0.2) is 62.1 Å². The molecule has 18 heavy (non-hydrogen) atoms. The van der Waals surface area contributed by atoms with Crippen molar-refractivity contribution >= 4 is 11.8 Å². The molecule has 3 unspecified atom stereocenters. The molecule has 0 aliphatic carbocycles. The van der Waals surface area contributed by atoms with Crippen LogP contribution < -0.4 is 10.6 Å². The number of hydrogen-bond donors (Lipinski definition) is 2. The number of likely N-dealkylation sites (N-methyl/N-ethyl adjacent to an activating group) is 1. The SMILES string of the molecule is CNC(=O)C1COCCN1C(=O)C1NCCC1C. The zero-order valence-corrected chi connectivity index (χ0v) is 10.9. The fraction of sp³-hybridized carbons (Fsp3) is 0.833. The molecule has 2 heterocycles. The van der Waals surface area contributed by atoms with Gasteiger partial charge in [-0.15, -0.1) is 0 Å². The highest BCUT2D eigenvalue weighted by molar-refractivity contribution is 5.90. The second-order valence-electron chi connectivity index (χ2n) is 4.93. The van der Waals surface area contributed by atoms with Crippen molar-refractivity contribution < 1.29 is 14.3 Å². The standard InChI is InChI=1S/C12H21N3O3/c1-8-3-4-14-10(8)12(17)15-5-6-18-7-9(15)11(16)13-2/h8-10,14H,3-7H2,1-2H3,(H,13,16). The van der Waals surface area contributed by atoms with Crippen LogP contribution in [0.5, 0.6) is 0 Å². The molecule has 2 rings (SSSR count). The first-order valence-corrected chi connectivity index (χ1v) is 6.48. The Labute approximate surface area is 107 Å². The summed E-state index contributed by atoms with van der Waals surface area (Å²) in [4.78, 5) is 25.9. The molecular weight excluding hydrogens is 234 g/mol. The number of nitrogens with one attached hydrogen (secondary N) is 2. The molecule has 102 valence electrons. The Kier molecular flexibility index (Phi) is 4.19. The van der Waals surface area contributed by atoms with E-state index in [2.05, 4.69) is 17.6 Å². The van der Waals surface area contributed by atoms with Crippen molar-refractivity contribution in [2.75, 3.05) is 33.4 Å². The Morgan fingerprint density at radius 1 is 1.44 bits per heavy atom. The zero-order valence-electron chi connectivity index (χ0n) is 10.9. The van der Waals surface area contributed by atoms with Crippen molar-refractivity contribution in [3.8, 4) is 0 Å². The van der Waals surface area contributed by atoms with Crippen LogP contribution in [0.2, 0.25) is 0 Å². The maximum atomic E-state index is 12.5. The van der Waals surface area contributed by atoms with Gasteiger partial charge in [-0.25, -0.2) is 0 Å². The minimum Gasteiger partial charge on any atom is -0.377 e. The van der Waals surface area contributed by atoms with E-state index in [0.29, 0.717) is 19.1 Å². The molecule has 0 saturated carbocycles. The summed E-state index contributed by atoms with van der Waals surface area (Å²) in [5.41, 5.74) is 0. The van der Waals surface area contributed by atoms with Gasteiger partial charge in [-0.2, -0.15) is 0 Å². The Morgan fingerprint density at radius 3 is 2.83 bits per heavy atom. The van der Waals surface area contributed by atoms with Crippen molar-refractivity contribution in [2.24, 2.45) is 5.92 Å². The van der Waals surface area contributed by atoms with Crippen molar-refractivity contribution in [1.82, 2.24) is 15.5 Å². The summed E-state index contributed by atoms with van der Waals surface area (Å²) in [5, 5.41) is 5.81. The number of hydrogen-bond acceptors (Lipinski definition) is 4. The summed E-state index contributed by atoms with van der Waals surface area (Å²) < 4.78 is 5.30. The fourth-order valence-electron chi connectivity index (χ4n) is 2.60. The van der Waals surface area contributed by atoms with Crippen LogP contribution in [0.1, 0.15) is 13.3 Å². The van der Waals surface area contributed by atoms with E-state index in [4.69, 9.17) is 4.74 Å². The molecule has 6 nitrogen and oxygen atoms in total. The lowest BCUT2D eigenvalue weighted by Crippen LogP contribution is -2.59. The third-order valence-electron chi connectivity index (χ3n) is 3.76. The summed E-state index contributed by atoms with van der Waals surface area (Å²) in [7, 11) is 1.58. The molecule has 0 spiro atoms. The molecule has 0 radical (unpaired) electrons. The van der Waals surface area contributed by atoms with Gasteiger partial charge in [0.1, 0.15) is 6.04 Å². The summed E-state index contributed by atoms with van der Waals surface area (Å²) in [6.45, 7) is 4.21. The van der Waals surface area contributed by atoms with Crippen molar-refractivity contribution in [1.29, 1.82) is 0 Å². The van der Waals surface area contributed by atoms with Gasteiger partial charge in [0.15, 0.2) is 0 Å².